The average molecular weight is 342 g/mol. The zero-order chi connectivity index (χ0) is 16.7. The first-order chi connectivity index (χ1) is 11.6. The van der Waals surface area contributed by atoms with Gasteiger partial charge < -0.3 is 15.5 Å². The second kappa shape index (κ2) is 5.83. The number of halogens is 1. The molecular weight excluding hydrogens is 326 g/mol. The van der Waals surface area contributed by atoms with Crippen molar-refractivity contribution >= 4 is 40.5 Å². The molecule has 0 unspecified atom stereocenters. The molecule has 24 heavy (non-hydrogen) atoms. The lowest BCUT2D eigenvalue weighted by molar-refractivity contribution is -0.117. The molecule has 0 bridgehead atoms. The van der Waals surface area contributed by atoms with Crippen LogP contribution in [0.4, 0.5) is 17.1 Å². The lowest BCUT2D eigenvalue weighted by atomic mass is 10.1. The van der Waals surface area contributed by atoms with E-state index in [0.29, 0.717) is 18.0 Å². The summed E-state index contributed by atoms with van der Waals surface area (Å²) in [6.07, 6.45) is 1.11. The molecule has 1 fully saturated rings. The van der Waals surface area contributed by atoms with Gasteiger partial charge in [-0.05, 0) is 48.4 Å². The van der Waals surface area contributed by atoms with Crippen LogP contribution in [-0.2, 0) is 16.0 Å². The maximum absolute atomic E-state index is 12.7. The highest BCUT2D eigenvalue weighted by Gasteiger charge is 2.32. The number of carbonyl (C=O) groups is 2. The number of carbonyl (C=O) groups excluding carboxylic acids is 2. The topological polar surface area (TPSA) is 61.4 Å². The third-order valence-corrected chi connectivity index (χ3v) is 4.63. The van der Waals surface area contributed by atoms with E-state index in [1.165, 1.54) is 0 Å². The van der Waals surface area contributed by atoms with Crippen LogP contribution >= 0.6 is 11.6 Å². The normalized spacial score (nSPS) is 19.4. The molecule has 0 aliphatic carbocycles. The van der Waals surface area contributed by atoms with Gasteiger partial charge in [-0.2, -0.15) is 0 Å². The summed E-state index contributed by atoms with van der Waals surface area (Å²) in [6, 6.07) is 12.7. The number of benzene rings is 2. The number of rotatable bonds is 3. The van der Waals surface area contributed by atoms with Gasteiger partial charge in [0.25, 0.3) is 0 Å². The molecule has 0 radical (unpaired) electrons. The molecule has 0 spiro atoms. The molecule has 4 rings (SSSR count). The predicted octanol–water partition coefficient (Wildman–Crippen LogP) is 3.05. The maximum Gasteiger partial charge on any atom is 0.249 e. The van der Waals surface area contributed by atoms with E-state index in [1.807, 2.05) is 30.3 Å². The fourth-order valence-electron chi connectivity index (χ4n) is 3.23. The minimum absolute atomic E-state index is 0.00576. The van der Waals surface area contributed by atoms with Crippen molar-refractivity contribution in [3.8, 4) is 0 Å². The second-order valence-corrected chi connectivity index (χ2v) is 6.49. The minimum atomic E-state index is -0.271. The van der Waals surface area contributed by atoms with Crippen LogP contribution in [0.5, 0.6) is 0 Å². The Hall–Kier alpha value is -2.53. The summed E-state index contributed by atoms with van der Waals surface area (Å²) in [5.41, 5.74) is 3.49. The molecule has 2 N–H and O–H groups in total. The molecule has 2 amide bonds. The molecule has 5 nitrogen and oxygen atoms in total. The first-order valence-corrected chi connectivity index (χ1v) is 8.24. The van der Waals surface area contributed by atoms with Crippen molar-refractivity contribution in [2.45, 2.75) is 18.9 Å². The number of amides is 2. The van der Waals surface area contributed by atoms with Gasteiger partial charge in [-0.15, -0.1) is 0 Å². The SMILES string of the molecule is O=C1Cc2cc(N[C@@H]3CCN(c4cccc(Cl)c4)C3=O)ccc2N1. The third-order valence-electron chi connectivity index (χ3n) is 4.40. The number of nitrogens with one attached hydrogen (secondary N) is 2. The Morgan fingerprint density at radius 3 is 2.88 bits per heavy atom. The third kappa shape index (κ3) is 2.71. The predicted molar refractivity (Wildman–Crippen MR) is 94.6 cm³/mol. The van der Waals surface area contributed by atoms with Crippen LogP contribution in [0.25, 0.3) is 0 Å². The van der Waals surface area contributed by atoms with Crippen molar-refractivity contribution in [1.29, 1.82) is 0 Å². The quantitative estimate of drug-likeness (QED) is 0.902. The van der Waals surface area contributed by atoms with Crippen LogP contribution in [0.15, 0.2) is 42.5 Å². The molecule has 1 atom stereocenters. The summed E-state index contributed by atoms with van der Waals surface area (Å²) >= 11 is 6.02. The van der Waals surface area contributed by atoms with Crippen LogP contribution in [0.3, 0.4) is 0 Å². The number of hydrogen-bond donors (Lipinski definition) is 2. The molecule has 0 aromatic heterocycles. The Balaban J connectivity index is 1.50. The largest absolute Gasteiger partial charge is 0.374 e. The van der Waals surface area contributed by atoms with Gasteiger partial charge in [0.15, 0.2) is 0 Å². The molecule has 2 aromatic carbocycles. The Morgan fingerprint density at radius 1 is 1.17 bits per heavy atom. The van der Waals surface area contributed by atoms with E-state index >= 15 is 0 Å². The first kappa shape index (κ1) is 15.0. The number of nitrogens with zero attached hydrogens (tertiary/aromatic N) is 1. The monoisotopic (exact) mass is 341 g/mol. The van der Waals surface area contributed by atoms with Crippen molar-refractivity contribution in [2.75, 3.05) is 22.1 Å². The second-order valence-electron chi connectivity index (χ2n) is 6.05. The van der Waals surface area contributed by atoms with Crippen molar-refractivity contribution in [3.63, 3.8) is 0 Å². The summed E-state index contributed by atoms with van der Waals surface area (Å²) in [5, 5.41) is 6.71. The van der Waals surface area contributed by atoms with Gasteiger partial charge in [0.1, 0.15) is 6.04 Å². The van der Waals surface area contributed by atoms with E-state index < -0.39 is 0 Å². The minimum Gasteiger partial charge on any atom is -0.374 e. The Morgan fingerprint density at radius 2 is 2.04 bits per heavy atom. The highest BCUT2D eigenvalue weighted by atomic mass is 35.5. The highest BCUT2D eigenvalue weighted by molar-refractivity contribution is 6.31. The van der Waals surface area contributed by atoms with Crippen molar-refractivity contribution < 1.29 is 9.59 Å². The first-order valence-electron chi connectivity index (χ1n) is 7.86. The molecule has 1 saturated heterocycles. The van der Waals surface area contributed by atoms with Crippen molar-refractivity contribution in [2.24, 2.45) is 0 Å². The smallest absolute Gasteiger partial charge is 0.249 e. The summed E-state index contributed by atoms with van der Waals surface area (Å²) in [7, 11) is 0. The van der Waals surface area contributed by atoms with Crippen LogP contribution < -0.4 is 15.5 Å². The molecule has 2 heterocycles. The van der Waals surface area contributed by atoms with Crippen molar-refractivity contribution in [1.82, 2.24) is 0 Å². The molecular formula is C18H16ClN3O2. The van der Waals surface area contributed by atoms with Gasteiger partial charge in [0, 0.05) is 28.6 Å². The molecule has 0 saturated carbocycles. The fourth-order valence-corrected chi connectivity index (χ4v) is 3.42. The van der Waals surface area contributed by atoms with E-state index in [-0.39, 0.29) is 17.9 Å². The molecule has 2 aliphatic heterocycles. The number of anilines is 3. The highest BCUT2D eigenvalue weighted by Crippen LogP contribution is 2.29. The summed E-state index contributed by atoms with van der Waals surface area (Å²) in [6.45, 7) is 0.655. The van der Waals surface area contributed by atoms with E-state index in [2.05, 4.69) is 10.6 Å². The molecule has 122 valence electrons. The lowest BCUT2D eigenvalue weighted by Crippen LogP contribution is -2.33. The van der Waals surface area contributed by atoms with Gasteiger partial charge in [0.2, 0.25) is 11.8 Å². The van der Waals surface area contributed by atoms with Crippen LogP contribution in [0.2, 0.25) is 5.02 Å². The zero-order valence-corrected chi connectivity index (χ0v) is 13.6. The van der Waals surface area contributed by atoms with Gasteiger partial charge in [-0.25, -0.2) is 0 Å². The van der Waals surface area contributed by atoms with Gasteiger partial charge in [0.05, 0.1) is 6.42 Å². The van der Waals surface area contributed by atoms with Gasteiger partial charge in [-0.1, -0.05) is 17.7 Å². The lowest BCUT2D eigenvalue weighted by Gasteiger charge is -2.18. The van der Waals surface area contributed by atoms with E-state index in [9.17, 15) is 9.59 Å². The number of hydrogen-bond acceptors (Lipinski definition) is 3. The van der Waals surface area contributed by atoms with E-state index in [0.717, 1.165) is 29.0 Å². The fraction of sp³-hybridized carbons (Fsp3) is 0.222. The summed E-state index contributed by atoms with van der Waals surface area (Å²) in [4.78, 5) is 25.8. The van der Waals surface area contributed by atoms with Crippen LogP contribution in [-0.4, -0.2) is 24.4 Å². The van der Waals surface area contributed by atoms with Gasteiger partial charge >= 0.3 is 0 Å². The Kier molecular flexibility index (Phi) is 3.65. The summed E-state index contributed by atoms with van der Waals surface area (Å²) in [5.74, 6) is 0.0400. The number of fused-ring (bicyclic) bond motifs is 1. The Bertz CT molecular complexity index is 837. The zero-order valence-electron chi connectivity index (χ0n) is 12.9. The van der Waals surface area contributed by atoms with Crippen LogP contribution in [0.1, 0.15) is 12.0 Å². The maximum atomic E-state index is 12.7. The average Bonchev–Trinajstić information content (AvgIpc) is 3.09. The van der Waals surface area contributed by atoms with E-state index in [4.69, 9.17) is 11.6 Å². The molecule has 2 aromatic rings. The van der Waals surface area contributed by atoms with E-state index in [1.54, 1.807) is 17.0 Å². The van der Waals surface area contributed by atoms with Crippen LogP contribution in [0, 0.1) is 0 Å². The Labute approximate surface area is 144 Å². The van der Waals surface area contributed by atoms with Crippen molar-refractivity contribution in [3.05, 3.63) is 53.1 Å². The summed E-state index contributed by atoms with van der Waals surface area (Å²) < 4.78 is 0. The molecule has 2 aliphatic rings. The molecule has 6 heteroatoms. The standard InChI is InChI=1S/C18H16ClN3O2/c19-12-2-1-3-14(10-12)22-7-6-16(18(22)24)20-13-4-5-15-11(8-13)9-17(23)21-15/h1-5,8,10,16,20H,6-7,9H2,(H,21,23)/t16-/m1/s1. The van der Waals surface area contributed by atoms with Gasteiger partial charge in [-0.3, -0.25) is 9.59 Å².